The number of hydrogen-bond donors (Lipinski definition) is 0. The summed E-state index contributed by atoms with van der Waals surface area (Å²) in [5, 5.41) is 0. The summed E-state index contributed by atoms with van der Waals surface area (Å²) >= 11 is 0. The highest BCUT2D eigenvalue weighted by atomic mass is 16.6. The van der Waals surface area contributed by atoms with E-state index in [4.69, 9.17) is 4.74 Å². The number of hydrogen-bond acceptors (Lipinski definition) is 3. The number of carbonyl (C=O) groups excluding carboxylic acids is 1. The summed E-state index contributed by atoms with van der Waals surface area (Å²) in [6.07, 6.45) is 4.21. The summed E-state index contributed by atoms with van der Waals surface area (Å²) in [5.41, 5.74) is -0.425. The number of piperazine rings is 1. The molecule has 0 radical (unpaired) electrons. The smallest absolute Gasteiger partial charge is 0.410 e. The molecule has 0 bridgehead atoms. The van der Waals surface area contributed by atoms with Gasteiger partial charge in [0.2, 0.25) is 0 Å². The Bertz CT molecular complexity index is 341. The number of amides is 1. The van der Waals surface area contributed by atoms with Gasteiger partial charge in [0, 0.05) is 31.2 Å². The van der Waals surface area contributed by atoms with Crippen molar-refractivity contribution in [2.24, 2.45) is 0 Å². The average Bonchev–Trinajstić information content (AvgIpc) is 2.95. The van der Waals surface area contributed by atoms with Crippen LogP contribution >= 0.6 is 0 Å². The second kappa shape index (κ2) is 4.57. The minimum Gasteiger partial charge on any atom is -0.444 e. The Labute approximate surface area is 110 Å². The molecule has 0 aromatic carbocycles. The van der Waals surface area contributed by atoms with Gasteiger partial charge in [-0.15, -0.1) is 0 Å². The molecule has 1 heterocycles. The van der Waals surface area contributed by atoms with E-state index in [0.717, 1.165) is 13.1 Å². The van der Waals surface area contributed by atoms with E-state index >= 15 is 0 Å². The Kier molecular flexibility index (Phi) is 3.41. The summed E-state index contributed by atoms with van der Waals surface area (Å²) in [7, 11) is 0. The van der Waals surface area contributed by atoms with Crippen molar-refractivity contribution in [2.45, 2.75) is 58.3 Å². The first-order valence-electron chi connectivity index (χ1n) is 6.71. The summed E-state index contributed by atoms with van der Waals surface area (Å²) < 4.78 is 5.48. The first kappa shape index (κ1) is 13.4. The third-order valence-corrected chi connectivity index (χ3v) is 3.34. The normalized spacial score (nSPS) is 29.5. The van der Waals surface area contributed by atoms with Gasteiger partial charge in [-0.3, -0.25) is 4.90 Å². The van der Waals surface area contributed by atoms with Crippen molar-refractivity contribution in [3.05, 3.63) is 12.2 Å². The van der Waals surface area contributed by atoms with Gasteiger partial charge < -0.3 is 9.64 Å². The van der Waals surface area contributed by atoms with E-state index in [0.29, 0.717) is 6.04 Å². The highest BCUT2D eigenvalue weighted by Gasteiger charge is 2.38. The minimum absolute atomic E-state index is 0.189. The third-order valence-electron chi connectivity index (χ3n) is 3.34. The first-order valence-corrected chi connectivity index (χ1v) is 6.71. The minimum atomic E-state index is -0.425. The third kappa shape index (κ3) is 3.05. The maximum absolute atomic E-state index is 12.2. The Hall–Kier alpha value is -1.03. The molecule has 1 saturated heterocycles. The lowest BCUT2D eigenvalue weighted by atomic mass is 10.1. The molecule has 0 unspecified atom stereocenters. The molecule has 0 spiro atoms. The lowest BCUT2D eigenvalue weighted by molar-refractivity contribution is -0.0151. The molecule has 102 valence electrons. The van der Waals surface area contributed by atoms with Gasteiger partial charge in [0.25, 0.3) is 0 Å². The molecule has 0 aromatic heterocycles. The molecular formula is C14H24N2O2. The van der Waals surface area contributed by atoms with Gasteiger partial charge in [0.05, 0.1) is 0 Å². The zero-order chi connectivity index (χ0) is 13.5. The fourth-order valence-corrected chi connectivity index (χ4v) is 2.57. The monoisotopic (exact) mass is 252 g/mol. The molecule has 1 aliphatic carbocycles. The molecule has 2 aliphatic rings. The molecule has 2 atom stereocenters. The van der Waals surface area contributed by atoms with Crippen molar-refractivity contribution in [3.63, 3.8) is 0 Å². The van der Waals surface area contributed by atoms with Gasteiger partial charge in [-0.1, -0.05) is 12.2 Å². The van der Waals surface area contributed by atoms with Crippen molar-refractivity contribution in [3.8, 4) is 0 Å². The molecule has 18 heavy (non-hydrogen) atoms. The molecule has 4 heteroatoms. The number of carbonyl (C=O) groups is 1. The van der Waals surface area contributed by atoms with E-state index < -0.39 is 5.60 Å². The Balaban J connectivity index is 1.98. The summed E-state index contributed by atoms with van der Waals surface area (Å²) in [6.45, 7) is 11.7. The molecule has 1 aliphatic heterocycles. The number of rotatable bonds is 1. The van der Waals surface area contributed by atoms with Gasteiger partial charge in [-0.25, -0.2) is 4.79 Å². The summed E-state index contributed by atoms with van der Waals surface area (Å²) in [6, 6.07) is 0.924. The highest BCUT2D eigenvalue weighted by molar-refractivity contribution is 5.69. The van der Waals surface area contributed by atoms with Crippen LogP contribution in [0.2, 0.25) is 0 Å². The molecule has 2 rings (SSSR count). The quantitative estimate of drug-likeness (QED) is 0.671. The van der Waals surface area contributed by atoms with Gasteiger partial charge in [-0.05, 0) is 34.6 Å². The molecule has 0 saturated carbocycles. The SMILES string of the molecule is C[C@@H]1CN(C2C=C2)C[C@H](C)N1C(=O)OC(C)(C)C. The van der Waals surface area contributed by atoms with Crippen LogP contribution < -0.4 is 0 Å². The van der Waals surface area contributed by atoms with Crippen molar-refractivity contribution in [1.82, 2.24) is 9.80 Å². The summed E-state index contributed by atoms with van der Waals surface area (Å²) in [4.78, 5) is 16.5. The Morgan fingerprint density at radius 2 is 1.67 bits per heavy atom. The van der Waals surface area contributed by atoms with Crippen LogP contribution in [0.1, 0.15) is 34.6 Å². The van der Waals surface area contributed by atoms with Crippen LogP contribution in [0.25, 0.3) is 0 Å². The Morgan fingerprint density at radius 1 is 1.17 bits per heavy atom. The predicted molar refractivity (Wildman–Crippen MR) is 71.5 cm³/mol. The van der Waals surface area contributed by atoms with E-state index in [-0.39, 0.29) is 18.2 Å². The zero-order valence-corrected chi connectivity index (χ0v) is 12.0. The van der Waals surface area contributed by atoms with Crippen molar-refractivity contribution >= 4 is 6.09 Å². The zero-order valence-electron chi connectivity index (χ0n) is 12.0. The fraction of sp³-hybridized carbons (Fsp3) is 0.786. The molecule has 1 amide bonds. The van der Waals surface area contributed by atoms with E-state index in [9.17, 15) is 4.79 Å². The van der Waals surface area contributed by atoms with Crippen LogP contribution in [-0.4, -0.2) is 52.7 Å². The lowest BCUT2D eigenvalue weighted by Crippen LogP contribution is -2.59. The van der Waals surface area contributed by atoms with Crippen molar-refractivity contribution < 1.29 is 9.53 Å². The standard InChI is InChI=1S/C14H24N2O2/c1-10-8-15(12-6-7-12)9-11(2)16(10)13(17)18-14(3,4)5/h6-7,10-12H,8-9H2,1-5H3/t10-,11+. The van der Waals surface area contributed by atoms with Gasteiger partial charge >= 0.3 is 6.09 Å². The second-order valence-electron chi connectivity index (χ2n) is 6.42. The lowest BCUT2D eigenvalue weighted by Gasteiger charge is -2.44. The molecule has 4 nitrogen and oxygen atoms in total. The van der Waals surface area contributed by atoms with E-state index in [2.05, 4.69) is 30.9 Å². The molecule has 0 N–H and O–H groups in total. The number of nitrogens with zero attached hydrogens (tertiary/aromatic N) is 2. The molecule has 0 aromatic rings. The average molecular weight is 252 g/mol. The van der Waals surface area contributed by atoms with E-state index in [1.807, 2.05) is 25.7 Å². The van der Waals surface area contributed by atoms with E-state index in [1.54, 1.807) is 0 Å². The molecule has 1 fully saturated rings. The fourth-order valence-electron chi connectivity index (χ4n) is 2.57. The van der Waals surface area contributed by atoms with E-state index in [1.165, 1.54) is 0 Å². The second-order valence-corrected chi connectivity index (χ2v) is 6.42. The van der Waals surface area contributed by atoms with Crippen molar-refractivity contribution in [1.29, 1.82) is 0 Å². The van der Waals surface area contributed by atoms with Crippen LogP contribution in [-0.2, 0) is 4.74 Å². The number of ether oxygens (including phenoxy) is 1. The predicted octanol–water partition coefficient (Wildman–Crippen LogP) is 2.25. The largest absolute Gasteiger partial charge is 0.444 e. The molecular weight excluding hydrogens is 228 g/mol. The van der Waals surface area contributed by atoms with Gasteiger partial charge in [0.15, 0.2) is 0 Å². The van der Waals surface area contributed by atoms with Crippen LogP contribution in [0, 0.1) is 0 Å². The van der Waals surface area contributed by atoms with Gasteiger partial charge in [0.1, 0.15) is 5.60 Å². The topological polar surface area (TPSA) is 32.8 Å². The van der Waals surface area contributed by atoms with Crippen LogP contribution in [0.4, 0.5) is 4.79 Å². The van der Waals surface area contributed by atoms with Crippen molar-refractivity contribution in [2.75, 3.05) is 13.1 Å². The van der Waals surface area contributed by atoms with Gasteiger partial charge in [-0.2, -0.15) is 0 Å². The van der Waals surface area contributed by atoms with Crippen LogP contribution in [0.5, 0.6) is 0 Å². The Morgan fingerprint density at radius 3 is 2.06 bits per heavy atom. The van der Waals surface area contributed by atoms with Crippen LogP contribution in [0.15, 0.2) is 12.2 Å². The van der Waals surface area contributed by atoms with Crippen LogP contribution in [0.3, 0.4) is 0 Å². The first-order chi connectivity index (χ1) is 8.28. The summed E-state index contributed by atoms with van der Waals surface area (Å²) in [5.74, 6) is 0. The maximum atomic E-state index is 12.2. The highest BCUT2D eigenvalue weighted by Crippen LogP contribution is 2.24. The maximum Gasteiger partial charge on any atom is 0.410 e.